The fraction of sp³-hybridized carbons (Fsp3) is 0.538. The molecule has 1 saturated heterocycles. The van der Waals surface area contributed by atoms with E-state index in [0.717, 1.165) is 26.2 Å². The van der Waals surface area contributed by atoms with Crippen LogP contribution in [-0.4, -0.2) is 33.4 Å². The Hall–Kier alpha value is -1.06. The monoisotopic (exact) mass is 220 g/mol. The van der Waals surface area contributed by atoms with Gasteiger partial charge in [0.25, 0.3) is 0 Å². The van der Waals surface area contributed by atoms with Gasteiger partial charge in [-0.15, -0.1) is 0 Å². The van der Waals surface area contributed by atoms with Crippen molar-refractivity contribution in [3.8, 4) is 0 Å². The minimum absolute atomic E-state index is 0.536. The molecule has 1 fully saturated rings. The molecule has 0 spiro atoms. The van der Waals surface area contributed by atoms with Crippen LogP contribution in [0.4, 0.5) is 5.69 Å². The van der Waals surface area contributed by atoms with E-state index in [1.54, 1.807) is 0 Å². The first-order valence-corrected chi connectivity index (χ1v) is 5.83. The van der Waals surface area contributed by atoms with E-state index in [1.165, 1.54) is 11.3 Å². The van der Waals surface area contributed by atoms with Gasteiger partial charge in [0.2, 0.25) is 0 Å². The zero-order chi connectivity index (χ0) is 11.4. The van der Waals surface area contributed by atoms with Gasteiger partial charge >= 0.3 is 0 Å². The van der Waals surface area contributed by atoms with Crippen LogP contribution in [0.1, 0.15) is 12.0 Å². The molecule has 16 heavy (non-hydrogen) atoms. The molecule has 2 rings (SSSR count). The highest BCUT2D eigenvalue weighted by Crippen LogP contribution is 2.12. The molecule has 1 atom stereocenters. The first-order chi connectivity index (χ1) is 7.75. The quantitative estimate of drug-likeness (QED) is 0.834. The number of hydrogen-bond donors (Lipinski definition) is 1. The molecule has 0 saturated carbocycles. The van der Waals surface area contributed by atoms with Gasteiger partial charge < -0.3 is 15.0 Å². The smallest absolute Gasteiger partial charge is 0.0620 e. The predicted molar refractivity (Wildman–Crippen MR) is 66.8 cm³/mol. The first-order valence-electron chi connectivity index (χ1n) is 5.83. The molecule has 1 aromatic carbocycles. The molecule has 0 bridgehead atoms. The number of hydrogen-bond acceptors (Lipinski definition) is 3. The van der Waals surface area contributed by atoms with Crippen molar-refractivity contribution < 1.29 is 4.74 Å². The number of ether oxygens (including phenoxy) is 1. The molecule has 1 aliphatic rings. The molecule has 0 amide bonds. The van der Waals surface area contributed by atoms with Crippen LogP contribution in [0.3, 0.4) is 0 Å². The van der Waals surface area contributed by atoms with Crippen molar-refractivity contribution in [2.45, 2.75) is 19.0 Å². The lowest BCUT2D eigenvalue weighted by atomic mass is 10.2. The fourth-order valence-corrected chi connectivity index (χ4v) is 1.87. The first kappa shape index (κ1) is 11.4. The maximum absolute atomic E-state index is 5.33. The molecule has 3 nitrogen and oxygen atoms in total. The van der Waals surface area contributed by atoms with Crippen LogP contribution in [0.25, 0.3) is 0 Å². The highest BCUT2D eigenvalue weighted by Gasteiger charge is 2.14. The van der Waals surface area contributed by atoms with Crippen LogP contribution >= 0.6 is 0 Å². The number of nitrogens with zero attached hydrogens (tertiary/aromatic N) is 1. The van der Waals surface area contributed by atoms with Crippen LogP contribution in [0, 0.1) is 0 Å². The van der Waals surface area contributed by atoms with E-state index in [1.807, 2.05) is 0 Å². The largest absolute Gasteiger partial charge is 0.380 e. The number of rotatable bonds is 4. The summed E-state index contributed by atoms with van der Waals surface area (Å²) in [5, 5.41) is 3.51. The average molecular weight is 220 g/mol. The summed E-state index contributed by atoms with van der Waals surface area (Å²) in [5.74, 6) is 0. The zero-order valence-corrected chi connectivity index (χ0v) is 10.1. The summed E-state index contributed by atoms with van der Waals surface area (Å²) in [6.45, 7) is 2.69. The summed E-state index contributed by atoms with van der Waals surface area (Å²) in [6.07, 6.45) is 1.13. The third-order valence-electron chi connectivity index (χ3n) is 2.98. The second-order valence-corrected chi connectivity index (χ2v) is 4.50. The van der Waals surface area contributed by atoms with Crippen molar-refractivity contribution in [1.29, 1.82) is 0 Å². The highest BCUT2D eigenvalue weighted by molar-refractivity contribution is 5.45. The molecule has 0 aromatic heterocycles. The standard InChI is InChI=1S/C13H20N2O/c1-15(2)13-5-3-11(4-6-13)9-14-12-7-8-16-10-12/h3-6,12,14H,7-10H2,1-2H3. The Morgan fingerprint density at radius 1 is 1.31 bits per heavy atom. The lowest BCUT2D eigenvalue weighted by Crippen LogP contribution is -2.28. The molecule has 1 heterocycles. The third kappa shape index (κ3) is 2.97. The van der Waals surface area contributed by atoms with Gasteiger partial charge in [-0.1, -0.05) is 12.1 Å². The van der Waals surface area contributed by atoms with Crippen molar-refractivity contribution in [2.75, 3.05) is 32.2 Å². The van der Waals surface area contributed by atoms with Gasteiger partial charge in [0.1, 0.15) is 0 Å². The van der Waals surface area contributed by atoms with Gasteiger partial charge in [0, 0.05) is 39.0 Å². The van der Waals surface area contributed by atoms with Crippen molar-refractivity contribution in [2.24, 2.45) is 0 Å². The average Bonchev–Trinajstić information content (AvgIpc) is 2.80. The fourth-order valence-electron chi connectivity index (χ4n) is 1.87. The predicted octanol–water partition coefficient (Wildman–Crippen LogP) is 1.63. The molecule has 0 aliphatic carbocycles. The van der Waals surface area contributed by atoms with Gasteiger partial charge in [-0.05, 0) is 24.1 Å². The highest BCUT2D eigenvalue weighted by atomic mass is 16.5. The van der Waals surface area contributed by atoms with Crippen molar-refractivity contribution >= 4 is 5.69 Å². The molecular weight excluding hydrogens is 200 g/mol. The van der Waals surface area contributed by atoms with E-state index in [0.29, 0.717) is 6.04 Å². The molecule has 1 unspecified atom stereocenters. The van der Waals surface area contributed by atoms with Crippen molar-refractivity contribution in [3.63, 3.8) is 0 Å². The number of anilines is 1. The normalized spacial score (nSPS) is 20.0. The lowest BCUT2D eigenvalue weighted by Gasteiger charge is -2.14. The van der Waals surface area contributed by atoms with E-state index in [9.17, 15) is 0 Å². The van der Waals surface area contributed by atoms with Gasteiger partial charge in [0.05, 0.1) is 6.61 Å². The van der Waals surface area contributed by atoms with E-state index < -0.39 is 0 Å². The minimum atomic E-state index is 0.536. The zero-order valence-electron chi connectivity index (χ0n) is 10.1. The molecule has 3 heteroatoms. The van der Waals surface area contributed by atoms with Gasteiger partial charge in [0.15, 0.2) is 0 Å². The van der Waals surface area contributed by atoms with Gasteiger partial charge in [-0.25, -0.2) is 0 Å². The number of nitrogens with one attached hydrogen (secondary N) is 1. The van der Waals surface area contributed by atoms with Crippen LogP contribution in [-0.2, 0) is 11.3 Å². The summed E-state index contributed by atoms with van der Waals surface area (Å²) >= 11 is 0. The molecule has 0 radical (unpaired) electrons. The van der Waals surface area contributed by atoms with Crippen molar-refractivity contribution in [3.05, 3.63) is 29.8 Å². The maximum atomic E-state index is 5.33. The Morgan fingerprint density at radius 3 is 2.62 bits per heavy atom. The van der Waals surface area contributed by atoms with Crippen molar-refractivity contribution in [1.82, 2.24) is 5.32 Å². The van der Waals surface area contributed by atoms with Crippen LogP contribution in [0.2, 0.25) is 0 Å². The molecule has 1 aliphatic heterocycles. The Balaban J connectivity index is 1.84. The van der Waals surface area contributed by atoms with E-state index in [-0.39, 0.29) is 0 Å². The maximum Gasteiger partial charge on any atom is 0.0620 e. The van der Waals surface area contributed by atoms with Gasteiger partial charge in [-0.2, -0.15) is 0 Å². The topological polar surface area (TPSA) is 24.5 Å². The van der Waals surface area contributed by atoms with Crippen LogP contribution in [0.15, 0.2) is 24.3 Å². The van der Waals surface area contributed by atoms with Gasteiger partial charge in [-0.3, -0.25) is 0 Å². The summed E-state index contributed by atoms with van der Waals surface area (Å²) < 4.78 is 5.33. The Kier molecular flexibility index (Phi) is 3.80. The molecule has 1 N–H and O–H groups in total. The molecule has 1 aromatic rings. The Labute approximate surface area is 97.4 Å². The number of benzene rings is 1. The van der Waals surface area contributed by atoms with E-state index >= 15 is 0 Å². The summed E-state index contributed by atoms with van der Waals surface area (Å²) in [5.41, 5.74) is 2.57. The lowest BCUT2D eigenvalue weighted by molar-refractivity contribution is 0.190. The summed E-state index contributed by atoms with van der Waals surface area (Å²) in [4.78, 5) is 2.11. The summed E-state index contributed by atoms with van der Waals surface area (Å²) in [7, 11) is 4.12. The Morgan fingerprint density at radius 2 is 2.06 bits per heavy atom. The third-order valence-corrected chi connectivity index (χ3v) is 2.98. The van der Waals surface area contributed by atoms with Crippen LogP contribution < -0.4 is 10.2 Å². The Bertz CT molecular complexity index is 315. The SMILES string of the molecule is CN(C)c1ccc(CNC2CCOC2)cc1. The molecule has 88 valence electrons. The molecular formula is C13H20N2O. The second-order valence-electron chi connectivity index (χ2n) is 4.50. The summed E-state index contributed by atoms with van der Waals surface area (Å²) in [6, 6.07) is 9.20. The van der Waals surface area contributed by atoms with Crippen LogP contribution in [0.5, 0.6) is 0 Å². The van der Waals surface area contributed by atoms with E-state index in [2.05, 4.69) is 48.6 Å². The minimum Gasteiger partial charge on any atom is -0.380 e. The second kappa shape index (κ2) is 5.32. The van der Waals surface area contributed by atoms with E-state index in [4.69, 9.17) is 4.74 Å².